The maximum Gasteiger partial charge on any atom is 0.364 e. The third-order valence-corrected chi connectivity index (χ3v) is 1.54. The van der Waals surface area contributed by atoms with E-state index in [0.717, 1.165) is 12.8 Å². The molecule has 0 aromatic heterocycles. The molecular formula is C8H14ClN3O3. The van der Waals surface area contributed by atoms with Crippen LogP contribution in [-0.2, 0) is 14.4 Å². The van der Waals surface area contributed by atoms with Crippen molar-refractivity contribution in [1.82, 2.24) is 0 Å². The van der Waals surface area contributed by atoms with Gasteiger partial charge in [-0.25, -0.2) is 4.79 Å². The van der Waals surface area contributed by atoms with E-state index in [1.807, 2.05) is 0 Å². The SMILES string of the molecule is CCOC(=O)/C(=N/OC1CC1)C(=N)N.Cl. The topological polar surface area (TPSA) is 97.8 Å². The Hall–Kier alpha value is -1.30. The number of halogens is 1. The average molecular weight is 236 g/mol. The van der Waals surface area contributed by atoms with Gasteiger partial charge in [0.05, 0.1) is 6.61 Å². The molecule has 0 aliphatic heterocycles. The molecule has 0 bridgehead atoms. The smallest absolute Gasteiger partial charge is 0.364 e. The molecule has 0 heterocycles. The molecule has 0 saturated heterocycles. The molecule has 6 nitrogen and oxygen atoms in total. The summed E-state index contributed by atoms with van der Waals surface area (Å²) in [5.74, 6) is -1.16. The summed E-state index contributed by atoms with van der Waals surface area (Å²) >= 11 is 0. The Morgan fingerprint density at radius 1 is 1.60 bits per heavy atom. The van der Waals surface area contributed by atoms with Gasteiger partial charge in [0.1, 0.15) is 6.10 Å². The van der Waals surface area contributed by atoms with E-state index in [-0.39, 0.29) is 30.8 Å². The van der Waals surface area contributed by atoms with Gasteiger partial charge in [0, 0.05) is 0 Å². The number of hydrogen-bond donors (Lipinski definition) is 2. The molecular weight excluding hydrogens is 222 g/mol. The maximum absolute atomic E-state index is 11.2. The number of esters is 1. The van der Waals surface area contributed by atoms with Gasteiger partial charge in [0.25, 0.3) is 0 Å². The molecule has 0 spiro atoms. The maximum atomic E-state index is 11.2. The summed E-state index contributed by atoms with van der Waals surface area (Å²) in [4.78, 5) is 16.1. The highest BCUT2D eigenvalue weighted by molar-refractivity contribution is 6.64. The zero-order valence-corrected chi connectivity index (χ0v) is 9.17. The molecule has 86 valence electrons. The Morgan fingerprint density at radius 3 is 2.60 bits per heavy atom. The molecule has 1 aliphatic rings. The predicted molar refractivity (Wildman–Crippen MR) is 57.3 cm³/mol. The summed E-state index contributed by atoms with van der Waals surface area (Å²) in [5, 5.41) is 10.6. The van der Waals surface area contributed by atoms with E-state index in [2.05, 4.69) is 9.89 Å². The summed E-state index contributed by atoms with van der Waals surface area (Å²) in [6, 6.07) is 0. The normalized spacial score (nSPS) is 15.1. The molecule has 0 radical (unpaired) electrons. The number of rotatable bonds is 5. The van der Waals surface area contributed by atoms with Gasteiger partial charge >= 0.3 is 5.97 Å². The quantitative estimate of drug-likeness (QED) is 0.313. The second-order valence-electron chi connectivity index (χ2n) is 2.88. The van der Waals surface area contributed by atoms with Gasteiger partial charge in [-0.1, -0.05) is 5.16 Å². The number of oxime groups is 1. The molecule has 0 unspecified atom stereocenters. The van der Waals surface area contributed by atoms with Gasteiger partial charge in [-0.2, -0.15) is 0 Å². The van der Waals surface area contributed by atoms with Crippen LogP contribution in [0.4, 0.5) is 0 Å². The van der Waals surface area contributed by atoms with Crippen LogP contribution in [0.25, 0.3) is 0 Å². The second kappa shape index (κ2) is 6.23. The van der Waals surface area contributed by atoms with E-state index < -0.39 is 11.8 Å². The monoisotopic (exact) mass is 235 g/mol. The number of nitrogens with one attached hydrogen (secondary N) is 1. The molecule has 1 fully saturated rings. The van der Waals surface area contributed by atoms with Crippen molar-refractivity contribution in [3.05, 3.63) is 0 Å². The zero-order chi connectivity index (χ0) is 10.6. The third kappa shape index (κ3) is 4.64. The first-order valence-electron chi connectivity index (χ1n) is 4.40. The van der Waals surface area contributed by atoms with Crippen LogP contribution in [-0.4, -0.2) is 30.2 Å². The van der Waals surface area contributed by atoms with Gasteiger partial charge in [0.2, 0.25) is 5.71 Å². The predicted octanol–water partition coefficient (Wildman–Crippen LogP) is 0.442. The van der Waals surface area contributed by atoms with Crippen molar-refractivity contribution >= 4 is 29.9 Å². The minimum atomic E-state index is -0.722. The first kappa shape index (κ1) is 13.7. The molecule has 0 amide bonds. The van der Waals surface area contributed by atoms with Gasteiger partial charge in [-0.05, 0) is 19.8 Å². The number of nitrogens with zero attached hydrogens (tertiary/aromatic N) is 1. The fraction of sp³-hybridized carbons (Fsp3) is 0.625. The van der Waals surface area contributed by atoms with Crippen LogP contribution in [0.5, 0.6) is 0 Å². The van der Waals surface area contributed by atoms with Gasteiger partial charge < -0.3 is 15.3 Å². The van der Waals surface area contributed by atoms with Crippen LogP contribution < -0.4 is 5.73 Å². The van der Waals surface area contributed by atoms with Crippen LogP contribution >= 0.6 is 12.4 Å². The highest BCUT2D eigenvalue weighted by Gasteiger charge is 2.25. The molecule has 0 atom stereocenters. The standard InChI is InChI=1S/C8H13N3O3.ClH/c1-2-13-8(12)6(7(9)10)11-14-5-3-4-5;/h5H,2-4H2,1H3,(H3,9,10);1H/b11-6+;. The molecule has 3 N–H and O–H groups in total. The molecule has 15 heavy (non-hydrogen) atoms. The number of nitrogens with two attached hydrogens (primary N) is 1. The molecule has 1 saturated carbocycles. The number of amidine groups is 1. The van der Waals surface area contributed by atoms with Gasteiger partial charge in [0.15, 0.2) is 5.84 Å². The van der Waals surface area contributed by atoms with Crippen molar-refractivity contribution in [3.63, 3.8) is 0 Å². The van der Waals surface area contributed by atoms with Crippen LogP contribution in [0.1, 0.15) is 19.8 Å². The lowest BCUT2D eigenvalue weighted by molar-refractivity contribution is -0.135. The van der Waals surface area contributed by atoms with Crippen molar-refractivity contribution in [1.29, 1.82) is 5.41 Å². The largest absolute Gasteiger partial charge is 0.461 e. The second-order valence-corrected chi connectivity index (χ2v) is 2.88. The lowest BCUT2D eigenvalue weighted by Gasteiger charge is -2.03. The summed E-state index contributed by atoms with van der Waals surface area (Å²) < 4.78 is 4.65. The van der Waals surface area contributed by atoms with E-state index >= 15 is 0 Å². The minimum Gasteiger partial charge on any atom is -0.461 e. The highest BCUT2D eigenvalue weighted by Crippen LogP contribution is 2.23. The van der Waals surface area contributed by atoms with E-state index in [1.165, 1.54) is 0 Å². The van der Waals surface area contributed by atoms with Crippen molar-refractivity contribution in [3.8, 4) is 0 Å². The average Bonchev–Trinajstić information content (AvgIpc) is 2.88. The lowest BCUT2D eigenvalue weighted by Crippen LogP contribution is -2.32. The molecule has 1 rings (SSSR count). The molecule has 0 aromatic rings. The fourth-order valence-corrected chi connectivity index (χ4v) is 0.697. The van der Waals surface area contributed by atoms with E-state index in [9.17, 15) is 4.79 Å². The zero-order valence-electron chi connectivity index (χ0n) is 8.36. The Balaban J connectivity index is 0.00000196. The summed E-state index contributed by atoms with van der Waals surface area (Å²) in [7, 11) is 0. The number of hydrogen-bond acceptors (Lipinski definition) is 5. The van der Waals surface area contributed by atoms with Crippen molar-refractivity contribution < 1.29 is 14.4 Å². The van der Waals surface area contributed by atoms with Crippen LogP contribution in [0.15, 0.2) is 5.16 Å². The Bertz CT molecular complexity index is 276. The fourth-order valence-electron chi connectivity index (χ4n) is 0.697. The Kier molecular flexibility index (Phi) is 5.69. The Labute approximate surface area is 93.7 Å². The number of ether oxygens (including phenoxy) is 1. The lowest BCUT2D eigenvalue weighted by atomic mass is 10.3. The van der Waals surface area contributed by atoms with Crippen molar-refractivity contribution in [2.45, 2.75) is 25.9 Å². The van der Waals surface area contributed by atoms with Crippen molar-refractivity contribution in [2.24, 2.45) is 10.9 Å². The van der Waals surface area contributed by atoms with E-state index in [0.29, 0.717) is 0 Å². The summed E-state index contributed by atoms with van der Waals surface area (Å²) in [6.07, 6.45) is 1.92. The first-order chi connectivity index (χ1) is 6.65. The summed E-state index contributed by atoms with van der Waals surface area (Å²) in [5.41, 5.74) is 4.88. The van der Waals surface area contributed by atoms with E-state index in [4.69, 9.17) is 16.0 Å². The van der Waals surface area contributed by atoms with Crippen LogP contribution in [0.2, 0.25) is 0 Å². The van der Waals surface area contributed by atoms with E-state index in [1.54, 1.807) is 6.92 Å². The number of carbonyl (C=O) groups excluding carboxylic acids is 1. The van der Waals surface area contributed by atoms with Crippen LogP contribution in [0, 0.1) is 5.41 Å². The third-order valence-electron chi connectivity index (χ3n) is 1.54. The molecule has 7 heteroatoms. The number of carbonyl (C=O) groups is 1. The van der Waals surface area contributed by atoms with Crippen LogP contribution in [0.3, 0.4) is 0 Å². The Morgan fingerprint density at radius 2 is 2.20 bits per heavy atom. The minimum absolute atomic E-state index is 0. The first-order valence-corrected chi connectivity index (χ1v) is 4.40. The highest BCUT2D eigenvalue weighted by atomic mass is 35.5. The van der Waals surface area contributed by atoms with Gasteiger partial charge in [-0.15, -0.1) is 12.4 Å². The summed E-state index contributed by atoms with van der Waals surface area (Å²) in [6.45, 7) is 1.88. The molecule has 1 aliphatic carbocycles. The van der Waals surface area contributed by atoms with Gasteiger partial charge in [-0.3, -0.25) is 5.41 Å². The molecule has 0 aromatic carbocycles. The van der Waals surface area contributed by atoms with Crippen molar-refractivity contribution in [2.75, 3.05) is 6.61 Å².